The summed E-state index contributed by atoms with van der Waals surface area (Å²) in [7, 11) is 1.75. The smallest absolute Gasteiger partial charge is 0.248 e. The van der Waals surface area contributed by atoms with Gasteiger partial charge in [-0.15, -0.1) is 16.9 Å². The third kappa shape index (κ3) is 3.40. The molecule has 200 valence electrons. The van der Waals surface area contributed by atoms with Gasteiger partial charge in [0.2, 0.25) is 17.7 Å². The van der Waals surface area contributed by atoms with Gasteiger partial charge in [-0.2, -0.15) is 0 Å². The van der Waals surface area contributed by atoms with E-state index in [1.54, 1.807) is 38.2 Å². The molecule has 4 aliphatic rings. The molecule has 3 amide bonds. The van der Waals surface area contributed by atoms with Crippen molar-refractivity contribution in [3.63, 3.8) is 0 Å². The number of hydrogen-bond donors (Lipinski definition) is 1. The van der Waals surface area contributed by atoms with E-state index in [0.717, 1.165) is 11.0 Å². The van der Waals surface area contributed by atoms with Crippen LogP contribution in [0.5, 0.6) is 0 Å². The second-order valence-electron chi connectivity index (χ2n) is 10.8. The molecule has 10 nitrogen and oxygen atoms in total. The van der Waals surface area contributed by atoms with Gasteiger partial charge in [-0.05, 0) is 25.5 Å². The zero-order valence-electron chi connectivity index (χ0n) is 21.7. The van der Waals surface area contributed by atoms with Gasteiger partial charge >= 0.3 is 0 Å². The van der Waals surface area contributed by atoms with Crippen LogP contribution in [0, 0.1) is 11.8 Å². The van der Waals surface area contributed by atoms with Crippen LogP contribution in [-0.2, 0) is 21.1 Å². The molecule has 2 aromatic rings. The lowest BCUT2D eigenvalue weighted by atomic mass is 9.74. The molecule has 0 saturated carbocycles. The first-order valence-electron chi connectivity index (χ1n) is 13.1. The van der Waals surface area contributed by atoms with Gasteiger partial charge in [0, 0.05) is 24.9 Å². The van der Waals surface area contributed by atoms with Gasteiger partial charge in [0.15, 0.2) is 0 Å². The van der Waals surface area contributed by atoms with E-state index in [1.165, 1.54) is 0 Å². The number of aliphatic hydroxyl groups is 1. The molecule has 1 aromatic heterocycles. The van der Waals surface area contributed by atoms with Crippen molar-refractivity contribution in [1.29, 1.82) is 0 Å². The molecular formula is C27H32N6O4S. The lowest BCUT2D eigenvalue weighted by molar-refractivity contribution is -0.147. The minimum absolute atomic E-state index is 0.0890. The van der Waals surface area contributed by atoms with Gasteiger partial charge in [-0.25, -0.2) is 4.68 Å². The van der Waals surface area contributed by atoms with Crippen molar-refractivity contribution in [3.8, 4) is 0 Å². The van der Waals surface area contributed by atoms with Crippen molar-refractivity contribution in [1.82, 2.24) is 29.7 Å². The molecule has 2 saturated heterocycles. The number of carbonyl (C=O) groups is 3. The first kappa shape index (κ1) is 25.1. The Morgan fingerprint density at radius 1 is 1.08 bits per heavy atom. The maximum atomic E-state index is 14.5. The topological polar surface area (TPSA) is 112 Å². The van der Waals surface area contributed by atoms with Crippen LogP contribution >= 0.6 is 11.8 Å². The predicted molar refractivity (Wildman–Crippen MR) is 143 cm³/mol. The highest BCUT2D eigenvalue weighted by molar-refractivity contribution is 8.02. The number of thioether (sulfide) groups is 1. The summed E-state index contributed by atoms with van der Waals surface area (Å²) in [5, 5.41) is 18.8. The minimum atomic E-state index is -0.937. The van der Waals surface area contributed by atoms with Crippen molar-refractivity contribution < 1.29 is 19.5 Å². The zero-order valence-corrected chi connectivity index (χ0v) is 22.5. The molecule has 1 aromatic carbocycles. The molecule has 1 N–H and O–H groups in total. The van der Waals surface area contributed by atoms with Crippen molar-refractivity contribution in [3.05, 3.63) is 48.6 Å². The van der Waals surface area contributed by atoms with E-state index in [2.05, 4.69) is 10.3 Å². The van der Waals surface area contributed by atoms with Crippen LogP contribution < -0.4 is 0 Å². The monoisotopic (exact) mass is 536 g/mol. The number of likely N-dealkylation sites (tertiary alicyclic amines) is 1. The average Bonchev–Trinajstić information content (AvgIpc) is 3.44. The highest BCUT2D eigenvalue weighted by Crippen LogP contribution is 2.65. The molecule has 11 heteroatoms. The number of amides is 3. The van der Waals surface area contributed by atoms with E-state index in [9.17, 15) is 19.5 Å². The van der Waals surface area contributed by atoms with Crippen LogP contribution in [0.25, 0.3) is 11.0 Å². The summed E-state index contributed by atoms with van der Waals surface area (Å²) in [6, 6.07) is 6.18. The number of fused-ring (bicyclic) bond motifs is 3. The number of rotatable bonds is 5. The molecule has 6 rings (SSSR count). The molecule has 0 aliphatic carbocycles. The van der Waals surface area contributed by atoms with Crippen LogP contribution in [0.4, 0.5) is 0 Å². The number of benzene rings is 1. The highest BCUT2D eigenvalue weighted by atomic mass is 32.2. The first-order chi connectivity index (χ1) is 18.3. The van der Waals surface area contributed by atoms with E-state index in [-0.39, 0.29) is 31.0 Å². The molecule has 1 spiro atoms. The summed E-state index contributed by atoms with van der Waals surface area (Å²) in [5.74, 6) is -1.87. The number of aliphatic hydroxyl groups excluding tert-OH is 1. The summed E-state index contributed by atoms with van der Waals surface area (Å²) in [6.45, 7) is 4.63. The van der Waals surface area contributed by atoms with Gasteiger partial charge in [-0.1, -0.05) is 48.6 Å². The van der Waals surface area contributed by atoms with Crippen LogP contribution in [0.3, 0.4) is 0 Å². The summed E-state index contributed by atoms with van der Waals surface area (Å²) >= 11 is 1.55. The van der Waals surface area contributed by atoms with E-state index in [1.807, 2.05) is 62.4 Å². The lowest BCUT2D eigenvalue weighted by Gasteiger charge is -2.39. The largest absolute Gasteiger partial charge is 0.394 e. The van der Waals surface area contributed by atoms with Gasteiger partial charge in [0.05, 0.1) is 34.7 Å². The molecule has 4 aliphatic heterocycles. The third-order valence-corrected chi connectivity index (χ3v) is 10.4. The van der Waals surface area contributed by atoms with Crippen LogP contribution in [-0.4, -0.2) is 101 Å². The Hall–Kier alpha value is -3.18. The summed E-state index contributed by atoms with van der Waals surface area (Å²) in [4.78, 5) is 47.4. The van der Waals surface area contributed by atoms with E-state index in [4.69, 9.17) is 0 Å². The Kier molecular flexibility index (Phi) is 5.91. The molecule has 1 unspecified atom stereocenters. The normalized spacial score (nSPS) is 33.4. The van der Waals surface area contributed by atoms with Crippen LogP contribution in [0.2, 0.25) is 0 Å². The predicted octanol–water partition coefficient (Wildman–Crippen LogP) is 1.27. The summed E-state index contributed by atoms with van der Waals surface area (Å²) in [6.07, 6.45) is 8.45. The second-order valence-corrected chi connectivity index (χ2v) is 12.6. The quantitative estimate of drug-likeness (QED) is 0.573. The number of hydrogen-bond acceptors (Lipinski definition) is 7. The van der Waals surface area contributed by atoms with Crippen LogP contribution in [0.15, 0.2) is 48.6 Å². The number of aromatic nitrogens is 3. The van der Waals surface area contributed by atoms with Crippen LogP contribution in [0.1, 0.15) is 20.3 Å². The Morgan fingerprint density at radius 2 is 1.84 bits per heavy atom. The van der Waals surface area contributed by atoms with E-state index >= 15 is 0 Å². The fraction of sp³-hybridized carbons (Fsp3) is 0.519. The molecule has 0 bridgehead atoms. The molecule has 38 heavy (non-hydrogen) atoms. The molecular weight excluding hydrogens is 504 g/mol. The maximum Gasteiger partial charge on any atom is 0.248 e. The van der Waals surface area contributed by atoms with E-state index in [0.29, 0.717) is 19.5 Å². The number of likely N-dealkylation sites (N-methyl/N-ethyl adjacent to an activating group) is 1. The maximum absolute atomic E-state index is 14.5. The van der Waals surface area contributed by atoms with Crippen molar-refractivity contribution >= 4 is 40.5 Å². The Bertz CT molecular complexity index is 1370. The minimum Gasteiger partial charge on any atom is -0.394 e. The van der Waals surface area contributed by atoms with E-state index < -0.39 is 33.4 Å². The summed E-state index contributed by atoms with van der Waals surface area (Å²) in [5.41, 5.74) is 1.55. The number of carbonyl (C=O) groups excluding carboxylic acids is 3. The highest BCUT2D eigenvalue weighted by Gasteiger charge is 2.74. The summed E-state index contributed by atoms with van der Waals surface area (Å²) < 4.78 is 0.109. The number of nitrogens with zero attached hydrogens (tertiary/aromatic N) is 6. The fourth-order valence-electron chi connectivity index (χ4n) is 6.75. The Labute approximate surface area is 225 Å². The standard InChI is InChI=1S/C27H32N6O4S/c1-4-17(15-34)33-22-25(37)31(16-32-19-10-6-5-9-18(19)28-29-32)14-8-12-27(22)21(24(33)36)20-23(35)30(3)13-7-11-26(20,2)38-27/h5-12,17,20-22,34H,4,13-16H2,1-3H3/t17-,20-,21-,22?,26+,27-/m0/s1. The molecule has 5 heterocycles. The van der Waals surface area contributed by atoms with Gasteiger partial charge in [0.1, 0.15) is 18.2 Å². The van der Waals surface area contributed by atoms with Crippen molar-refractivity contribution in [2.75, 3.05) is 26.7 Å². The van der Waals surface area contributed by atoms with Gasteiger partial charge in [0.25, 0.3) is 0 Å². The molecule has 2 fully saturated rings. The molecule has 0 radical (unpaired) electrons. The molecule has 6 atom stereocenters. The van der Waals surface area contributed by atoms with Gasteiger partial charge < -0.3 is 19.8 Å². The Morgan fingerprint density at radius 3 is 2.61 bits per heavy atom. The average molecular weight is 537 g/mol. The zero-order chi connectivity index (χ0) is 26.8. The number of para-hydroxylation sites is 1. The third-order valence-electron chi connectivity index (χ3n) is 8.58. The fourth-order valence-corrected chi connectivity index (χ4v) is 8.89. The first-order valence-corrected chi connectivity index (χ1v) is 13.9. The van der Waals surface area contributed by atoms with Crippen molar-refractivity contribution in [2.45, 2.75) is 48.5 Å². The van der Waals surface area contributed by atoms with Gasteiger partial charge in [-0.3, -0.25) is 14.4 Å². The Balaban J connectivity index is 1.46. The lowest BCUT2D eigenvalue weighted by Crippen LogP contribution is -2.56. The second kappa shape index (κ2) is 8.94. The SMILES string of the molecule is CC[C@@H](CO)N1C(=O)[C@@H]2[C@H]3C(=O)N(C)CC=C[C@@]3(C)S[C@@]23C=CCN(Cn2nnc4ccccc42)C(=O)C13. The van der Waals surface area contributed by atoms with Crippen molar-refractivity contribution in [2.24, 2.45) is 11.8 Å².